The Bertz CT molecular complexity index is 1100. The van der Waals surface area contributed by atoms with Gasteiger partial charge in [0, 0.05) is 51.9 Å². The van der Waals surface area contributed by atoms with Crippen LogP contribution in [0.2, 0.25) is 0 Å². The first-order valence-corrected chi connectivity index (χ1v) is 13.0. The van der Waals surface area contributed by atoms with Gasteiger partial charge in [0.05, 0.1) is 10.6 Å². The predicted octanol–water partition coefficient (Wildman–Crippen LogP) is 2.62. The number of benzene rings is 2. The van der Waals surface area contributed by atoms with Crippen LogP contribution in [0.4, 0.5) is 15.8 Å². The lowest BCUT2D eigenvalue weighted by molar-refractivity contribution is -0.116. The standard InChI is InChI=1S/C24H31FN4O3S/c1-19(30)29-13-4-6-20-18-21(9-10-23(20)29)33(31,32)26-11-5-12-27-14-16-28(17-15-27)24-8-3-2-7-22(24)25/h2-3,7-10,18,26H,4-6,11-17H2,1H3. The van der Waals surface area contributed by atoms with Gasteiger partial charge in [0.2, 0.25) is 15.9 Å². The fourth-order valence-electron chi connectivity index (χ4n) is 4.58. The molecule has 0 bridgehead atoms. The van der Waals surface area contributed by atoms with Crippen LogP contribution in [0.5, 0.6) is 0 Å². The van der Waals surface area contributed by atoms with E-state index in [0.29, 0.717) is 25.2 Å². The van der Waals surface area contributed by atoms with Crippen LogP contribution in [0.15, 0.2) is 47.4 Å². The number of carbonyl (C=O) groups excluding carboxylic acids is 1. The lowest BCUT2D eigenvalue weighted by Crippen LogP contribution is -2.47. The highest BCUT2D eigenvalue weighted by molar-refractivity contribution is 7.89. The summed E-state index contributed by atoms with van der Waals surface area (Å²) in [7, 11) is -3.61. The van der Waals surface area contributed by atoms with Crippen molar-refractivity contribution in [3.63, 3.8) is 0 Å². The zero-order valence-corrected chi connectivity index (χ0v) is 19.8. The van der Waals surface area contributed by atoms with Gasteiger partial charge in [-0.15, -0.1) is 0 Å². The molecular weight excluding hydrogens is 443 g/mol. The van der Waals surface area contributed by atoms with Crippen molar-refractivity contribution in [3.05, 3.63) is 53.8 Å². The van der Waals surface area contributed by atoms with Crippen molar-refractivity contribution in [2.45, 2.75) is 31.1 Å². The minimum Gasteiger partial charge on any atom is -0.367 e. The van der Waals surface area contributed by atoms with Crippen LogP contribution in [-0.4, -0.2) is 65.0 Å². The molecule has 1 fully saturated rings. The Labute approximate surface area is 195 Å². The van der Waals surface area contributed by atoms with E-state index < -0.39 is 10.0 Å². The van der Waals surface area contributed by atoms with E-state index in [9.17, 15) is 17.6 Å². The summed E-state index contributed by atoms with van der Waals surface area (Å²) in [5.41, 5.74) is 2.34. The summed E-state index contributed by atoms with van der Waals surface area (Å²) >= 11 is 0. The molecule has 178 valence electrons. The first kappa shape index (κ1) is 23.7. The molecule has 0 saturated carbocycles. The third-order valence-electron chi connectivity index (χ3n) is 6.37. The van der Waals surface area contributed by atoms with Gasteiger partial charge in [-0.2, -0.15) is 0 Å². The molecule has 0 radical (unpaired) electrons. The fourth-order valence-corrected chi connectivity index (χ4v) is 5.71. The van der Waals surface area contributed by atoms with Gasteiger partial charge in [-0.25, -0.2) is 17.5 Å². The average Bonchev–Trinajstić information content (AvgIpc) is 2.82. The molecule has 2 aromatic carbocycles. The maximum atomic E-state index is 14.0. The molecule has 1 saturated heterocycles. The number of halogens is 1. The van der Waals surface area contributed by atoms with Crippen molar-refractivity contribution in [2.24, 2.45) is 0 Å². The summed E-state index contributed by atoms with van der Waals surface area (Å²) in [4.78, 5) is 18.1. The molecule has 1 amide bonds. The summed E-state index contributed by atoms with van der Waals surface area (Å²) in [6.07, 6.45) is 2.29. The molecule has 0 aromatic heterocycles. The molecule has 0 spiro atoms. The molecular formula is C24H31FN4O3S. The number of amides is 1. The molecule has 0 atom stereocenters. The number of hydrogen-bond donors (Lipinski definition) is 1. The lowest BCUT2D eigenvalue weighted by atomic mass is 10.0. The second kappa shape index (κ2) is 10.2. The van der Waals surface area contributed by atoms with E-state index in [4.69, 9.17) is 0 Å². The van der Waals surface area contributed by atoms with E-state index in [0.717, 1.165) is 56.8 Å². The van der Waals surface area contributed by atoms with Crippen LogP contribution in [0.3, 0.4) is 0 Å². The maximum Gasteiger partial charge on any atom is 0.240 e. The molecule has 2 aliphatic heterocycles. The number of rotatable bonds is 7. The number of nitrogens with one attached hydrogen (secondary N) is 1. The van der Waals surface area contributed by atoms with Crippen molar-refractivity contribution < 1.29 is 17.6 Å². The molecule has 0 unspecified atom stereocenters. The second-order valence-electron chi connectivity index (χ2n) is 8.60. The number of carbonyl (C=O) groups is 1. The monoisotopic (exact) mass is 474 g/mol. The number of hydrogen-bond acceptors (Lipinski definition) is 5. The van der Waals surface area contributed by atoms with Crippen LogP contribution in [0.25, 0.3) is 0 Å². The maximum absolute atomic E-state index is 14.0. The predicted molar refractivity (Wildman–Crippen MR) is 128 cm³/mol. The number of nitrogens with zero attached hydrogens (tertiary/aromatic N) is 3. The van der Waals surface area contributed by atoms with Gasteiger partial charge in [-0.1, -0.05) is 12.1 Å². The van der Waals surface area contributed by atoms with Gasteiger partial charge in [-0.3, -0.25) is 9.69 Å². The number of para-hydroxylation sites is 1. The van der Waals surface area contributed by atoms with Crippen molar-refractivity contribution in [1.82, 2.24) is 9.62 Å². The molecule has 2 heterocycles. The number of aryl methyl sites for hydroxylation is 1. The van der Waals surface area contributed by atoms with Crippen LogP contribution < -0.4 is 14.5 Å². The number of piperazine rings is 1. The summed E-state index contributed by atoms with van der Waals surface area (Å²) in [5.74, 6) is -0.226. The smallest absolute Gasteiger partial charge is 0.240 e. The molecule has 2 aliphatic rings. The lowest BCUT2D eigenvalue weighted by Gasteiger charge is -2.36. The van der Waals surface area contributed by atoms with Crippen LogP contribution in [-0.2, 0) is 21.2 Å². The molecule has 0 aliphatic carbocycles. The Balaban J connectivity index is 1.25. The Morgan fingerprint density at radius 3 is 2.52 bits per heavy atom. The van der Waals surface area contributed by atoms with Gasteiger partial charge in [-0.05, 0) is 61.7 Å². The zero-order valence-electron chi connectivity index (χ0n) is 19.0. The third kappa shape index (κ3) is 5.54. The van der Waals surface area contributed by atoms with E-state index >= 15 is 0 Å². The summed E-state index contributed by atoms with van der Waals surface area (Å²) in [6.45, 7) is 6.47. The Hall–Kier alpha value is -2.49. The SMILES string of the molecule is CC(=O)N1CCCc2cc(S(=O)(=O)NCCCN3CCN(c4ccccc4F)CC3)ccc21. The van der Waals surface area contributed by atoms with Gasteiger partial charge in [0.15, 0.2) is 0 Å². The largest absolute Gasteiger partial charge is 0.367 e. The zero-order chi connectivity index (χ0) is 23.4. The van der Waals surface area contributed by atoms with Gasteiger partial charge in [0.25, 0.3) is 0 Å². The van der Waals surface area contributed by atoms with Crippen LogP contribution in [0, 0.1) is 5.82 Å². The highest BCUT2D eigenvalue weighted by Gasteiger charge is 2.23. The highest BCUT2D eigenvalue weighted by atomic mass is 32.2. The van der Waals surface area contributed by atoms with Crippen LogP contribution in [0.1, 0.15) is 25.3 Å². The minimum atomic E-state index is -3.61. The summed E-state index contributed by atoms with van der Waals surface area (Å²) in [6, 6.07) is 11.8. The third-order valence-corrected chi connectivity index (χ3v) is 7.83. The normalized spacial score (nSPS) is 17.2. The summed E-state index contributed by atoms with van der Waals surface area (Å²) < 4.78 is 42.2. The van der Waals surface area contributed by atoms with E-state index in [2.05, 4.69) is 14.5 Å². The first-order valence-electron chi connectivity index (χ1n) is 11.5. The van der Waals surface area contributed by atoms with Crippen molar-refractivity contribution >= 4 is 27.3 Å². The minimum absolute atomic E-state index is 0.0283. The number of sulfonamides is 1. The van der Waals surface area contributed by atoms with E-state index in [1.165, 1.54) is 13.0 Å². The second-order valence-corrected chi connectivity index (χ2v) is 10.4. The molecule has 1 N–H and O–H groups in total. The molecule has 7 nitrogen and oxygen atoms in total. The van der Waals surface area contributed by atoms with Crippen molar-refractivity contribution in [3.8, 4) is 0 Å². The van der Waals surface area contributed by atoms with E-state index in [1.807, 2.05) is 6.07 Å². The quantitative estimate of drug-likeness (QED) is 0.625. The topological polar surface area (TPSA) is 73.0 Å². The van der Waals surface area contributed by atoms with E-state index in [1.54, 1.807) is 35.2 Å². The average molecular weight is 475 g/mol. The Kier molecular flexibility index (Phi) is 7.31. The van der Waals surface area contributed by atoms with Crippen LogP contribution >= 0.6 is 0 Å². The Morgan fingerprint density at radius 1 is 1.03 bits per heavy atom. The van der Waals surface area contributed by atoms with Gasteiger partial charge in [0.1, 0.15) is 5.82 Å². The molecule has 4 rings (SSSR count). The van der Waals surface area contributed by atoms with Gasteiger partial charge >= 0.3 is 0 Å². The molecule has 2 aromatic rings. The fraction of sp³-hybridized carbons (Fsp3) is 0.458. The first-order chi connectivity index (χ1) is 15.8. The van der Waals surface area contributed by atoms with E-state index in [-0.39, 0.29) is 16.6 Å². The Morgan fingerprint density at radius 2 is 1.79 bits per heavy atom. The highest BCUT2D eigenvalue weighted by Crippen LogP contribution is 2.29. The number of fused-ring (bicyclic) bond motifs is 1. The van der Waals surface area contributed by atoms with Gasteiger partial charge < -0.3 is 9.80 Å². The molecule has 9 heteroatoms. The van der Waals surface area contributed by atoms with Crippen molar-refractivity contribution in [1.29, 1.82) is 0 Å². The molecule has 33 heavy (non-hydrogen) atoms. The van der Waals surface area contributed by atoms with Crippen molar-refractivity contribution in [2.75, 3.05) is 55.6 Å². The number of anilines is 2. The summed E-state index contributed by atoms with van der Waals surface area (Å²) in [5, 5.41) is 0.